The highest BCUT2D eigenvalue weighted by Gasteiger charge is 2.32. The maximum Gasteiger partial charge on any atom is 0.141 e. The van der Waals surface area contributed by atoms with E-state index in [1.165, 1.54) is 37.9 Å². The number of hydrogen-bond donors (Lipinski definition) is 1. The van der Waals surface area contributed by atoms with Crippen molar-refractivity contribution < 1.29 is 4.39 Å². The maximum absolute atomic E-state index is 12.7. The van der Waals surface area contributed by atoms with E-state index in [1.807, 2.05) is 11.8 Å². The SMILES string of the molecule is CSC1(CNc2ccc(F)cn2)CCCC1. The van der Waals surface area contributed by atoms with E-state index in [0.717, 1.165) is 12.4 Å². The molecule has 1 N–H and O–H groups in total. The molecule has 0 atom stereocenters. The van der Waals surface area contributed by atoms with Crippen molar-refractivity contribution >= 4 is 17.6 Å². The lowest BCUT2D eigenvalue weighted by Crippen LogP contribution is -2.30. The van der Waals surface area contributed by atoms with Crippen LogP contribution < -0.4 is 5.32 Å². The number of halogens is 1. The summed E-state index contributed by atoms with van der Waals surface area (Å²) in [5.41, 5.74) is 0. The Morgan fingerprint density at radius 1 is 1.44 bits per heavy atom. The molecular formula is C12H17FN2S. The van der Waals surface area contributed by atoms with Crippen LogP contribution in [-0.2, 0) is 0 Å². The van der Waals surface area contributed by atoms with Gasteiger partial charge in [0.15, 0.2) is 0 Å². The quantitative estimate of drug-likeness (QED) is 0.874. The van der Waals surface area contributed by atoms with Gasteiger partial charge in [0.1, 0.15) is 11.6 Å². The van der Waals surface area contributed by atoms with Gasteiger partial charge >= 0.3 is 0 Å². The first kappa shape index (κ1) is 11.7. The summed E-state index contributed by atoms with van der Waals surface area (Å²) in [5, 5.41) is 3.31. The smallest absolute Gasteiger partial charge is 0.141 e. The highest BCUT2D eigenvalue weighted by molar-refractivity contribution is 8.00. The molecular weight excluding hydrogens is 223 g/mol. The highest BCUT2D eigenvalue weighted by atomic mass is 32.2. The molecule has 4 heteroatoms. The summed E-state index contributed by atoms with van der Waals surface area (Å²) in [4.78, 5) is 4.01. The average Bonchev–Trinajstić information content (AvgIpc) is 2.78. The summed E-state index contributed by atoms with van der Waals surface area (Å²) in [5.74, 6) is 0.479. The van der Waals surface area contributed by atoms with Crippen LogP contribution in [-0.4, -0.2) is 22.5 Å². The first-order valence-electron chi connectivity index (χ1n) is 5.65. The van der Waals surface area contributed by atoms with Gasteiger partial charge in [0, 0.05) is 11.3 Å². The third-order valence-electron chi connectivity index (χ3n) is 3.27. The van der Waals surface area contributed by atoms with Crippen molar-refractivity contribution in [2.45, 2.75) is 30.4 Å². The number of rotatable bonds is 4. The Morgan fingerprint density at radius 3 is 2.75 bits per heavy atom. The fraction of sp³-hybridized carbons (Fsp3) is 0.583. The Kier molecular flexibility index (Phi) is 3.69. The maximum atomic E-state index is 12.7. The summed E-state index contributed by atoms with van der Waals surface area (Å²) in [7, 11) is 0. The fourth-order valence-corrected chi connectivity index (χ4v) is 3.12. The van der Waals surface area contributed by atoms with Crippen LogP contribution in [0.3, 0.4) is 0 Å². The third-order valence-corrected chi connectivity index (χ3v) is 4.69. The monoisotopic (exact) mass is 240 g/mol. The van der Waals surface area contributed by atoms with Gasteiger partial charge < -0.3 is 5.32 Å². The molecule has 1 saturated carbocycles. The van der Waals surface area contributed by atoms with Crippen LogP contribution in [0.1, 0.15) is 25.7 Å². The largest absolute Gasteiger partial charge is 0.369 e. The predicted molar refractivity (Wildman–Crippen MR) is 67.4 cm³/mol. The molecule has 0 amide bonds. The molecule has 0 radical (unpaired) electrons. The number of pyridine rings is 1. The second-order valence-corrected chi connectivity index (χ2v) is 5.58. The molecule has 88 valence electrons. The lowest BCUT2D eigenvalue weighted by Gasteiger charge is -2.27. The topological polar surface area (TPSA) is 24.9 Å². The summed E-state index contributed by atoms with van der Waals surface area (Å²) in [6, 6.07) is 3.13. The first-order valence-corrected chi connectivity index (χ1v) is 6.87. The zero-order chi connectivity index (χ0) is 11.4. The van der Waals surface area contributed by atoms with Crippen molar-refractivity contribution in [3.8, 4) is 0 Å². The lowest BCUT2D eigenvalue weighted by molar-refractivity contribution is 0.619. The molecule has 0 aliphatic heterocycles. The van der Waals surface area contributed by atoms with E-state index in [1.54, 1.807) is 6.07 Å². The molecule has 1 heterocycles. The van der Waals surface area contributed by atoms with Crippen molar-refractivity contribution in [1.29, 1.82) is 0 Å². The summed E-state index contributed by atoms with van der Waals surface area (Å²) in [6.45, 7) is 0.923. The summed E-state index contributed by atoms with van der Waals surface area (Å²) >= 11 is 1.94. The van der Waals surface area contributed by atoms with Crippen LogP contribution in [0, 0.1) is 5.82 Å². The van der Waals surface area contributed by atoms with Crippen LogP contribution in [0.15, 0.2) is 18.3 Å². The zero-order valence-corrected chi connectivity index (χ0v) is 10.3. The Hall–Kier alpha value is -0.770. The van der Waals surface area contributed by atoms with Crippen LogP contribution in [0.25, 0.3) is 0 Å². The predicted octanol–water partition coefficient (Wildman–Crippen LogP) is 3.31. The minimum atomic E-state index is -0.286. The number of nitrogens with zero attached hydrogens (tertiary/aromatic N) is 1. The van der Waals surface area contributed by atoms with Crippen LogP contribution in [0.2, 0.25) is 0 Å². The van der Waals surface area contributed by atoms with Crippen molar-refractivity contribution in [2.75, 3.05) is 18.1 Å². The van der Waals surface area contributed by atoms with E-state index < -0.39 is 0 Å². The van der Waals surface area contributed by atoms with Gasteiger partial charge in [0.05, 0.1) is 6.20 Å². The second-order valence-electron chi connectivity index (χ2n) is 4.31. The normalized spacial score (nSPS) is 18.6. The van der Waals surface area contributed by atoms with E-state index in [2.05, 4.69) is 16.6 Å². The minimum Gasteiger partial charge on any atom is -0.369 e. The third kappa shape index (κ3) is 2.67. The molecule has 16 heavy (non-hydrogen) atoms. The molecule has 0 aromatic carbocycles. The van der Waals surface area contributed by atoms with E-state index in [-0.39, 0.29) is 5.82 Å². The fourth-order valence-electron chi connectivity index (χ4n) is 2.20. The van der Waals surface area contributed by atoms with E-state index >= 15 is 0 Å². The van der Waals surface area contributed by atoms with Crippen molar-refractivity contribution in [1.82, 2.24) is 4.98 Å². The molecule has 0 bridgehead atoms. The summed E-state index contributed by atoms with van der Waals surface area (Å²) < 4.78 is 13.0. The molecule has 0 spiro atoms. The molecule has 1 aliphatic carbocycles. The summed E-state index contributed by atoms with van der Waals surface area (Å²) in [6.07, 6.45) is 8.59. The van der Waals surface area contributed by atoms with Gasteiger partial charge in [-0.15, -0.1) is 0 Å². The molecule has 1 aromatic heterocycles. The van der Waals surface area contributed by atoms with Gasteiger partial charge in [-0.3, -0.25) is 0 Å². The number of aromatic nitrogens is 1. The zero-order valence-electron chi connectivity index (χ0n) is 9.50. The van der Waals surface area contributed by atoms with Gasteiger partial charge in [-0.05, 0) is 31.2 Å². The van der Waals surface area contributed by atoms with Crippen molar-refractivity contribution in [2.24, 2.45) is 0 Å². The van der Waals surface area contributed by atoms with Crippen LogP contribution in [0.5, 0.6) is 0 Å². The van der Waals surface area contributed by atoms with E-state index in [9.17, 15) is 4.39 Å². The highest BCUT2D eigenvalue weighted by Crippen LogP contribution is 2.40. The molecule has 0 unspecified atom stereocenters. The molecule has 1 aliphatic rings. The number of hydrogen-bond acceptors (Lipinski definition) is 3. The van der Waals surface area contributed by atoms with Crippen LogP contribution >= 0.6 is 11.8 Å². The van der Waals surface area contributed by atoms with Gasteiger partial charge in [0.25, 0.3) is 0 Å². The number of thioether (sulfide) groups is 1. The Labute approximate surface area is 100 Å². The van der Waals surface area contributed by atoms with Gasteiger partial charge in [-0.1, -0.05) is 12.8 Å². The lowest BCUT2D eigenvalue weighted by atomic mass is 10.1. The Balaban J connectivity index is 1.93. The van der Waals surface area contributed by atoms with E-state index in [4.69, 9.17) is 0 Å². The number of nitrogens with one attached hydrogen (secondary N) is 1. The molecule has 0 saturated heterocycles. The second kappa shape index (κ2) is 5.04. The van der Waals surface area contributed by atoms with Crippen molar-refractivity contribution in [3.05, 3.63) is 24.1 Å². The standard InChI is InChI=1S/C12H17FN2S/c1-16-12(6-2-3-7-12)9-15-11-5-4-10(13)8-14-11/h4-5,8H,2-3,6-7,9H2,1H3,(H,14,15). The van der Waals surface area contributed by atoms with Gasteiger partial charge in [-0.2, -0.15) is 11.8 Å². The molecule has 1 aromatic rings. The molecule has 2 rings (SSSR count). The van der Waals surface area contributed by atoms with E-state index in [0.29, 0.717) is 4.75 Å². The Morgan fingerprint density at radius 2 is 2.19 bits per heavy atom. The minimum absolute atomic E-state index is 0.286. The molecule has 1 fully saturated rings. The Bertz CT molecular complexity index is 333. The van der Waals surface area contributed by atoms with Gasteiger partial charge in [-0.25, -0.2) is 9.37 Å². The number of anilines is 1. The van der Waals surface area contributed by atoms with Gasteiger partial charge in [0.2, 0.25) is 0 Å². The first-order chi connectivity index (χ1) is 7.74. The molecule has 2 nitrogen and oxygen atoms in total. The van der Waals surface area contributed by atoms with Crippen LogP contribution in [0.4, 0.5) is 10.2 Å². The average molecular weight is 240 g/mol. The van der Waals surface area contributed by atoms with Crippen molar-refractivity contribution in [3.63, 3.8) is 0 Å².